The number of nitrogens with two attached hydrogens (primary N) is 1. The zero-order valence-electron chi connectivity index (χ0n) is 19.6. The molecule has 6 heteroatoms. The minimum absolute atomic E-state index is 0.00196. The van der Waals surface area contributed by atoms with Gasteiger partial charge in [0.05, 0.1) is 12.3 Å². The van der Waals surface area contributed by atoms with Crippen molar-refractivity contribution in [2.75, 3.05) is 6.54 Å². The van der Waals surface area contributed by atoms with Gasteiger partial charge in [-0.15, -0.1) is 0 Å². The number of rotatable bonds is 6. The molecule has 1 aliphatic heterocycles. The summed E-state index contributed by atoms with van der Waals surface area (Å²) >= 11 is 0. The third-order valence-corrected chi connectivity index (χ3v) is 8.67. The van der Waals surface area contributed by atoms with Gasteiger partial charge < -0.3 is 21.1 Å². The molecule has 0 unspecified atom stereocenters. The number of benzene rings is 2. The summed E-state index contributed by atoms with van der Waals surface area (Å²) in [5.74, 6) is 3.82. The second kappa shape index (κ2) is 8.73. The molecule has 0 radical (unpaired) electrons. The fourth-order valence-corrected chi connectivity index (χ4v) is 7.24. The van der Waals surface area contributed by atoms with Crippen LogP contribution in [0.3, 0.4) is 0 Å². The Hall–Kier alpha value is -2.86. The van der Waals surface area contributed by atoms with Crippen molar-refractivity contribution in [2.24, 2.45) is 34.4 Å². The van der Waals surface area contributed by atoms with Crippen LogP contribution in [0, 0.1) is 23.7 Å². The van der Waals surface area contributed by atoms with Gasteiger partial charge in [-0.25, -0.2) is 4.99 Å². The first-order valence-corrected chi connectivity index (χ1v) is 12.8. The second-order valence-corrected chi connectivity index (χ2v) is 10.8. The van der Waals surface area contributed by atoms with Crippen molar-refractivity contribution < 1.29 is 9.90 Å². The normalized spacial score (nSPS) is 29.0. The predicted octanol–water partition coefficient (Wildman–Crippen LogP) is 3.94. The number of hydrogen-bond acceptors (Lipinski definition) is 5. The Morgan fingerprint density at radius 1 is 1.06 bits per heavy atom. The zero-order chi connectivity index (χ0) is 23.2. The van der Waals surface area contributed by atoms with Gasteiger partial charge in [0, 0.05) is 25.6 Å². The number of nitrogens with one attached hydrogen (secondary N) is 1. The topological polar surface area (TPSA) is 91.0 Å². The Morgan fingerprint density at radius 3 is 2.53 bits per heavy atom. The summed E-state index contributed by atoms with van der Waals surface area (Å²) in [5.41, 5.74) is 11.2. The van der Waals surface area contributed by atoms with E-state index < -0.39 is 0 Å². The van der Waals surface area contributed by atoms with Crippen molar-refractivity contribution >= 4 is 17.6 Å². The number of carbonyl (C=O) groups excluding carboxylic acids is 1. The monoisotopic (exact) mass is 458 g/mol. The molecule has 7 rings (SSSR count). The maximum atomic E-state index is 12.9. The standard InChI is InChI=1S/C28H34N4O2/c29-28-30-25-14-19(24-4-2-1-3-21(24)16-33)5-6-20(25)15-32(28)8-7-26(34)31-27-22-10-17-9-18(12-22)13-23(27)11-17/h1-6,14,17-18,22-23,27,33H,7-13,15-16H2,(H2,29,30)(H,31,34). The molecule has 4 aliphatic carbocycles. The minimum atomic E-state index is -0.00196. The Balaban J connectivity index is 1.09. The third kappa shape index (κ3) is 3.98. The van der Waals surface area contributed by atoms with Crippen LogP contribution < -0.4 is 11.1 Å². The summed E-state index contributed by atoms with van der Waals surface area (Å²) in [4.78, 5) is 19.5. The third-order valence-electron chi connectivity index (χ3n) is 8.67. The highest BCUT2D eigenvalue weighted by molar-refractivity contribution is 5.85. The number of hydrogen-bond donors (Lipinski definition) is 3. The van der Waals surface area contributed by atoms with E-state index in [1.54, 1.807) is 0 Å². The lowest BCUT2D eigenvalue weighted by Gasteiger charge is -2.54. The molecule has 1 amide bonds. The minimum Gasteiger partial charge on any atom is -0.392 e. The zero-order valence-corrected chi connectivity index (χ0v) is 19.6. The molecule has 0 saturated heterocycles. The molecular formula is C28H34N4O2. The molecule has 34 heavy (non-hydrogen) atoms. The van der Waals surface area contributed by atoms with Crippen molar-refractivity contribution in [1.29, 1.82) is 0 Å². The van der Waals surface area contributed by atoms with Crippen molar-refractivity contribution in [1.82, 2.24) is 10.2 Å². The number of aliphatic imine (C=N–C) groups is 1. The van der Waals surface area contributed by atoms with Gasteiger partial charge in [0.1, 0.15) is 0 Å². The van der Waals surface area contributed by atoms with E-state index >= 15 is 0 Å². The number of nitrogens with zero attached hydrogens (tertiary/aromatic N) is 2. The Morgan fingerprint density at radius 2 is 1.79 bits per heavy atom. The molecule has 2 aromatic rings. The molecule has 0 spiro atoms. The summed E-state index contributed by atoms with van der Waals surface area (Å²) in [6.07, 6.45) is 7.11. The molecule has 4 saturated carbocycles. The first kappa shape index (κ1) is 21.7. The van der Waals surface area contributed by atoms with Crippen LogP contribution in [0.15, 0.2) is 47.5 Å². The lowest BCUT2D eigenvalue weighted by atomic mass is 9.54. The first-order valence-electron chi connectivity index (χ1n) is 12.8. The largest absolute Gasteiger partial charge is 0.392 e. The van der Waals surface area contributed by atoms with Crippen LogP contribution in [0.4, 0.5) is 5.69 Å². The Labute approximate surface area is 201 Å². The van der Waals surface area contributed by atoms with Crippen LogP contribution in [-0.2, 0) is 17.9 Å². The van der Waals surface area contributed by atoms with Crippen molar-refractivity contribution in [2.45, 2.75) is 57.7 Å². The van der Waals surface area contributed by atoms with E-state index in [9.17, 15) is 9.90 Å². The molecule has 4 bridgehead atoms. The lowest BCUT2D eigenvalue weighted by molar-refractivity contribution is -0.125. The highest BCUT2D eigenvalue weighted by Crippen LogP contribution is 2.53. The Bertz CT molecular complexity index is 1100. The number of aliphatic hydroxyl groups excluding tert-OH is 1. The molecule has 5 aliphatic rings. The number of carbonyl (C=O) groups is 1. The molecule has 0 aromatic heterocycles. The van der Waals surface area contributed by atoms with Crippen LogP contribution in [0.5, 0.6) is 0 Å². The summed E-state index contributed by atoms with van der Waals surface area (Å²) in [5, 5.41) is 13.1. The van der Waals surface area contributed by atoms with E-state index in [1.807, 2.05) is 35.2 Å². The van der Waals surface area contributed by atoms with Crippen molar-refractivity contribution in [3.63, 3.8) is 0 Å². The lowest BCUT2D eigenvalue weighted by Crippen LogP contribution is -2.56. The van der Waals surface area contributed by atoms with E-state index in [2.05, 4.69) is 22.4 Å². The first-order chi connectivity index (χ1) is 16.6. The van der Waals surface area contributed by atoms with Gasteiger partial charge in [0.15, 0.2) is 5.96 Å². The quantitative estimate of drug-likeness (QED) is 0.612. The molecule has 0 atom stereocenters. The maximum Gasteiger partial charge on any atom is 0.222 e. The smallest absolute Gasteiger partial charge is 0.222 e. The fourth-order valence-electron chi connectivity index (χ4n) is 7.24. The van der Waals surface area contributed by atoms with Crippen LogP contribution in [-0.4, -0.2) is 34.5 Å². The van der Waals surface area contributed by atoms with E-state index in [0.717, 1.165) is 39.8 Å². The van der Waals surface area contributed by atoms with Gasteiger partial charge in [0.2, 0.25) is 5.91 Å². The average molecular weight is 459 g/mol. The molecular weight excluding hydrogens is 424 g/mol. The summed E-state index contributed by atoms with van der Waals surface area (Å²) < 4.78 is 0. The summed E-state index contributed by atoms with van der Waals surface area (Å²) in [7, 11) is 0. The van der Waals surface area contributed by atoms with Gasteiger partial charge in [0.25, 0.3) is 0 Å². The molecule has 178 valence electrons. The molecule has 6 nitrogen and oxygen atoms in total. The van der Waals surface area contributed by atoms with E-state index in [0.29, 0.717) is 43.3 Å². The highest BCUT2D eigenvalue weighted by Gasteiger charge is 2.48. The summed E-state index contributed by atoms with van der Waals surface area (Å²) in [6.45, 7) is 1.22. The van der Waals surface area contributed by atoms with Gasteiger partial charge in [-0.2, -0.15) is 0 Å². The SMILES string of the molecule is NC1=Nc2cc(-c3ccccc3CO)ccc2CN1CCC(=O)NC1C2CC3CC(C2)CC1C3. The number of amides is 1. The van der Waals surface area contributed by atoms with E-state index in [1.165, 1.54) is 32.1 Å². The number of aliphatic hydroxyl groups is 1. The maximum absolute atomic E-state index is 12.9. The number of guanidine groups is 1. The molecule has 4 N–H and O–H groups in total. The van der Waals surface area contributed by atoms with Crippen molar-refractivity contribution in [3.8, 4) is 11.1 Å². The summed E-state index contributed by atoms with van der Waals surface area (Å²) in [6, 6.07) is 14.4. The van der Waals surface area contributed by atoms with Gasteiger partial charge in [-0.3, -0.25) is 4.79 Å². The van der Waals surface area contributed by atoms with E-state index in [-0.39, 0.29) is 12.5 Å². The molecule has 2 aromatic carbocycles. The fraction of sp³-hybridized carbons (Fsp3) is 0.500. The molecule has 4 fully saturated rings. The van der Waals surface area contributed by atoms with Crippen LogP contribution in [0.2, 0.25) is 0 Å². The van der Waals surface area contributed by atoms with Gasteiger partial charge in [-0.05, 0) is 84.1 Å². The second-order valence-electron chi connectivity index (χ2n) is 10.8. The van der Waals surface area contributed by atoms with Gasteiger partial charge in [-0.1, -0.05) is 36.4 Å². The van der Waals surface area contributed by atoms with Crippen LogP contribution >= 0.6 is 0 Å². The van der Waals surface area contributed by atoms with Gasteiger partial charge >= 0.3 is 0 Å². The van der Waals surface area contributed by atoms with Crippen LogP contribution in [0.1, 0.15) is 49.7 Å². The predicted molar refractivity (Wildman–Crippen MR) is 133 cm³/mol. The van der Waals surface area contributed by atoms with E-state index in [4.69, 9.17) is 5.73 Å². The van der Waals surface area contributed by atoms with Crippen LogP contribution in [0.25, 0.3) is 11.1 Å². The Kier molecular flexibility index (Phi) is 5.56. The highest BCUT2D eigenvalue weighted by atomic mass is 16.3. The average Bonchev–Trinajstić information content (AvgIpc) is 2.84. The molecule has 1 heterocycles. The number of fused-ring (bicyclic) bond motifs is 1. The van der Waals surface area contributed by atoms with Crippen molar-refractivity contribution in [3.05, 3.63) is 53.6 Å².